The van der Waals surface area contributed by atoms with Gasteiger partial charge in [0.1, 0.15) is 5.60 Å². The van der Waals surface area contributed by atoms with Crippen LogP contribution in [0.3, 0.4) is 0 Å². The Labute approximate surface area is 207 Å². The van der Waals surface area contributed by atoms with Gasteiger partial charge in [-0.25, -0.2) is 4.79 Å². The van der Waals surface area contributed by atoms with Gasteiger partial charge in [0.2, 0.25) is 0 Å². The van der Waals surface area contributed by atoms with Crippen molar-refractivity contribution in [1.29, 1.82) is 0 Å². The van der Waals surface area contributed by atoms with Crippen molar-refractivity contribution >= 4 is 24.0 Å². The Kier molecular flexibility index (Phi) is 16.7. The first-order valence-corrected chi connectivity index (χ1v) is 11.7. The van der Waals surface area contributed by atoms with Gasteiger partial charge >= 0.3 is 24.0 Å². The van der Waals surface area contributed by atoms with Crippen LogP contribution in [0.5, 0.6) is 0 Å². The quantitative estimate of drug-likeness (QED) is 0.126. The summed E-state index contributed by atoms with van der Waals surface area (Å²) < 4.78 is 37.0. The van der Waals surface area contributed by atoms with Gasteiger partial charge in [0.05, 0.1) is 72.1 Å². The number of ether oxygens (including phenoxy) is 7. The van der Waals surface area contributed by atoms with Gasteiger partial charge in [-0.1, -0.05) is 0 Å². The molecule has 0 aliphatic rings. The lowest BCUT2D eigenvalue weighted by atomic mass is 10.2. The molecule has 0 aromatic carbocycles. The largest absolute Gasteiger partial charge is 0.466 e. The molecule has 0 spiro atoms. The second-order valence-corrected chi connectivity index (χ2v) is 8.24. The minimum atomic E-state index is -1.59. The van der Waals surface area contributed by atoms with E-state index in [0.717, 1.165) is 0 Å². The molecule has 0 aromatic heterocycles. The van der Waals surface area contributed by atoms with Crippen LogP contribution in [0.25, 0.3) is 0 Å². The van der Waals surface area contributed by atoms with Crippen LogP contribution in [0, 0.1) is 0 Å². The third kappa shape index (κ3) is 17.6. The molecule has 12 heteroatoms. The number of amides is 1. The minimum absolute atomic E-state index is 0.0110. The average Bonchev–Trinajstić information content (AvgIpc) is 2.73. The zero-order valence-corrected chi connectivity index (χ0v) is 21.8. The zero-order valence-electron chi connectivity index (χ0n) is 21.8. The second-order valence-electron chi connectivity index (χ2n) is 8.24. The number of rotatable bonds is 18. The van der Waals surface area contributed by atoms with Gasteiger partial charge in [0.25, 0.3) is 0 Å². The molecule has 0 atom stereocenters. The summed E-state index contributed by atoms with van der Waals surface area (Å²) in [6.45, 7) is 10.2. The van der Waals surface area contributed by atoms with E-state index in [1.165, 1.54) is 0 Å². The van der Waals surface area contributed by atoms with Crippen LogP contribution in [-0.2, 0) is 47.5 Å². The highest BCUT2D eigenvalue weighted by Gasteiger charge is 2.36. The molecule has 204 valence electrons. The lowest BCUT2D eigenvalue weighted by Crippen LogP contribution is -2.58. The molecule has 0 fully saturated rings. The molecule has 1 N–H and O–H groups in total. The molecule has 12 nitrogen and oxygen atoms in total. The molecule has 0 unspecified atom stereocenters. The van der Waals surface area contributed by atoms with Crippen LogP contribution >= 0.6 is 0 Å². The van der Waals surface area contributed by atoms with Crippen LogP contribution in [0.1, 0.15) is 60.8 Å². The summed E-state index contributed by atoms with van der Waals surface area (Å²) in [7, 11) is 0. The molecule has 0 saturated carbocycles. The Hall–Kier alpha value is -2.44. The highest BCUT2D eigenvalue weighted by atomic mass is 16.6. The topological polar surface area (TPSA) is 145 Å². The smallest absolute Gasteiger partial charge is 0.410 e. The van der Waals surface area contributed by atoms with E-state index >= 15 is 0 Å². The molecule has 0 aromatic rings. The first kappa shape index (κ1) is 32.6. The van der Waals surface area contributed by atoms with Gasteiger partial charge < -0.3 is 33.2 Å². The predicted octanol–water partition coefficient (Wildman–Crippen LogP) is 2.12. The molecule has 35 heavy (non-hydrogen) atoms. The summed E-state index contributed by atoms with van der Waals surface area (Å²) in [5.74, 6) is -1.36. The highest BCUT2D eigenvalue weighted by Crippen LogP contribution is 2.15. The Bertz CT molecular complexity index is 620. The van der Waals surface area contributed by atoms with Gasteiger partial charge in [-0.05, 0) is 41.5 Å². The van der Waals surface area contributed by atoms with Crippen molar-refractivity contribution < 1.29 is 52.3 Å². The summed E-state index contributed by atoms with van der Waals surface area (Å²) in [4.78, 5) is 47.5. The van der Waals surface area contributed by atoms with Crippen molar-refractivity contribution in [2.24, 2.45) is 0 Å². The maximum absolute atomic E-state index is 12.6. The molecule has 0 rings (SSSR count). The van der Waals surface area contributed by atoms with Crippen molar-refractivity contribution in [3.05, 3.63) is 0 Å². The molecule has 1 amide bonds. The van der Waals surface area contributed by atoms with E-state index in [2.05, 4.69) is 5.32 Å². The molecule has 0 heterocycles. The standard InChI is InChI=1S/C23H41NO11/c1-7-31-18(25)10-13-29-16-23(24-21(28)35-22(4,5)6,34-15-12-20(27)33-9-3)17-30-14-11-19(26)32-8-2/h7-17H2,1-6H3,(H,24,28). The predicted molar refractivity (Wildman–Crippen MR) is 123 cm³/mol. The zero-order chi connectivity index (χ0) is 26.7. The fourth-order valence-electron chi connectivity index (χ4n) is 2.54. The maximum Gasteiger partial charge on any atom is 0.410 e. The van der Waals surface area contributed by atoms with Gasteiger partial charge in [-0.15, -0.1) is 0 Å². The van der Waals surface area contributed by atoms with E-state index in [-0.39, 0.29) is 72.1 Å². The summed E-state index contributed by atoms with van der Waals surface area (Å²) in [5, 5.41) is 2.60. The van der Waals surface area contributed by atoms with Crippen molar-refractivity contribution in [3.8, 4) is 0 Å². The second kappa shape index (κ2) is 17.9. The van der Waals surface area contributed by atoms with Gasteiger partial charge in [-0.2, -0.15) is 0 Å². The molecule has 0 aliphatic carbocycles. The third-order valence-electron chi connectivity index (χ3n) is 3.90. The lowest BCUT2D eigenvalue weighted by Gasteiger charge is -2.35. The van der Waals surface area contributed by atoms with E-state index in [1.54, 1.807) is 41.5 Å². The normalized spacial score (nSPS) is 11.5. The molecular weight excluding hydrogens is 466 g/mol. The van der Waals surface area contributed by atoms with E-state index in [9.17, 15) is 19.2 Å². The van der Waals surface area contributed by atoms with Crippen LogP contribution < -0.4 is 5.32 Å². The number of hydrogen-bond acceptors (Lipinski definition) is 11. The van der Waals surface area contributed by atoms with E-state index in [4.69, 9.17) is 33.2 Å². The fourth-order valence-corrected chi connectivity index (χ4v) is 2.54. The Morgan fingerprint density at radius 3 is 1.43 bits per heavy atom. The van der Waals surface area contributed by atoms with E-state index in [0.29, 0.717) is 0 Å². The van der Waals surface area contributed by atoms with Crippen LogP contribution in [0.4, 0.5) is 4.79 Å². The average molecular weight is 508 g/mol. The number of esters is 3. The van der Waals surface area contributed by atoms with Crippen LogP contribution in [0.2, 0.25) is 0 Å². The number of hydrogen-bond donors (Lipinski definition) is 1. The molecular formula is C23H41NO11. The fraction of sp³-hybridized carbons (Fsp3) is 0.826. The van der Waals surface area contributed by atoms with Crippen molar-refractivity contribution in [2.75, 3.05) is 52.9 Å². The van der Waals surface area contributed by atoms with Gasteiger partial charge in [-0.3, -0.25) is 19.7 Å². The van der Waals surface area contributed by atoms with Crippen LogP contribution in [0.15, 0.2) is 0 Å². The summed E-state index contributed by atoms with van der Waals surface area (Å²) in [5.41, 5.74) is -2.38. The van der Waals surface area contributed by atoms with Crippen LogP contribution in [-0.4, -0.2) is 88.2 Å². The molecule has 0 radical (unpaired) electrons. The number of nitrogens with one attached hydrogen (secondary N) is 1. The monoisotopic (exact) mass is 507 g/mol. The summed E-state index contributed by atoms with van der Waals surface area (Å²) in [6.07, 6.45) is -0.917. The van der Waals surface area contributed by atoms with Crippen molar-refractivity contribution in [1.82, 2.24) is 5.32 Å². The molecule has 0 aliphatic heterocycles. The third-order valence-corrected chi connectivity index (χ3v) is 3.90. The number of carbonyl (C=O) groups excluding carboxylic acids is 4. The lowest BCUT2D eigenvalue weighted by molar-refractivity contribution is -0.166. The first-order valence-electron chi connectivity index (χ1n) is 11.7. The number of carbonyl (C=O) groups is 4. The number of alkyl carbamates (subject to hydrolysis) is 1. The summed E-state index contributed by atoms with van der Waals surface area (Å²) in [6, 6.07) is 0. The molecule has 0 saturated heterocycles. The Morgan fingerprint density at radius 2 is 1.06 bits per heavy atom. The van der Waals surface area contributed by atoms with Gasteiger partial charge in [0.15, 0.2) is 5.72 Å². The van der Waals surface area contributed by atoms with E-state index < -0.39 is 35.3 Å². The maximum atomic E-state index is 12.6. The first-order chi connectivity index (χ1) is 16.5. The highest BCUT2D eigenvalue weighted by molar-refractivity contribution is 5.70. The Morgan fingerprint density at radius 1 is 0.657 bits per heavy atom. The van der Waals surface area contributed by atoms with Crippen molar-refractivity contribution in [2.45, 2.75) is 72.1 Å². The minimum Gasteiger partial charge on any atom is -0.466 e. The Balaban J connectivity index is 5.39. The van der Waals surface area contributed by atoms with Crippen molar-refractivity contribution in [3.63, 3.8) is 0 Å². The SMILES string of the molecule is CCOC(=O)CCOCC(COCCC(=O)OCC)(NC(=O)OC(C)(C)C)OCCC(=O)OCC. The molecule has 0 bridgehead atoms. The van der Waals surface area contributed by atoms with E-state index in [1.807, 2.05) is 0 Å². The summed E-state index contributed by atoms with van der Waals surface area (Å²) >= 11 is 0. The van der Waals surface area contributed by atoms with Gasteiger partial charge in [0, 0.05) is 0 Å².